The molecule has 6 heteroatoms. The summed E-state index contributed by atoms with van der Waals surface area (Å²) in [6.07, 6.45) is 3.11. The van der Waals surface area contributed by atoms with Crippen molar-refractivity contribution in [2.75, 3.05) is 13.2 Å². The van der Waals surface area contributed by atoms with Crippen LogP contribution in [0.4, 0.5) is 0 Å². The van der Waals surface area contributed by atoms with Crippen LogP contribution < -0.4 is 5.32 Å². The molecule has 1 saturated heterocycles. The first-order valence-electron chi connectivity index (χ1n) is 8.32. The van der Waals surface area contributed by atoms with Crippen LogP contribution in [0.5, 0.6) is 0 Å². The van der Waals surface area contributed by atoms with Crippen LogP contribution in [0.1, 0.15) is 60.3 Å². The lowest BCUT2D eigenvalue weighted by molar-refractivity contribution is -0.139. The molecule has 0 bridgehead atoms. The summed E-state index contributed by atoms with van der Waals surface area (Å²) >= 11 is 0. The van der Waals surface area contributed by atoms with E-state index in [0.717, 1.165) is 19.4 Å². The molecular weight excluding hydrogens is 294 g/mol. The van der Waals surface area contributed by atoms with Gasteiger partial charge in [0, 0.05) is 17.2 Å². The summed E-state index contributed by atoms with van der Waals surface area (Å²) in [6, 6.07) is 0.311. The van der Waals surface area contributed by atoms with Gasteiger partial charge in [-0.3, -0.25) is 19.8 Å². The van der Waals surface area contributed by atoms with Crippen molar-refractivity contribution in [3.8, 4) is 0 Å². The average molecular weight is 325 g/mol. The molecule has 0 radical (unpaired) electrons. The molecule has 1 fully saturated rings. The lowest BCUT2D eigenvalue weighted by atomic mass is 9.86. The van der Waals surface area contributed by atoms with Gasteiger partial charge in [-0.15, -0.1) is 0 Å². The van der Waals surface area contributed by atoms with Crippen LogP contribution in [0, 0.1) is 10.8 Å². The number of carbonyl (C=O) groups excluding carboxylic acids is 2. The lowest BCUT2D eigenvalue weighted by Crippen LogP contribution is -2.60. The third-order valence-corrected chi connectivity index (χ3v) is 4.88. The van der Waals surface area contributed by atoms with E-state index >= 15 is 0 Å². The van der Waals surface area contributed by atoms with E-state index in [-0.39, 0.29) is 24.6 Å². The number of likely N-dealkylation sites (tertiary alicyclic amines) is 1. The Bertz CT molecular complexity index is 472. The predicted octanol–water partition coefficient (Wildman–Crippen LogP) is 1.71. The fourth-order valence-corrected chi connectivity index (χ4v) is 2.88. The van der Waals surface area contributed by atoms with E-state index in [0.29, 0.717) is 6.04 Å². The van der Waals surface area contributed by atoms with Gasteiger partial charge in [0.25, 0.3) is 0 Å². The number of aliphatic hydroxyl groups excluding tert-OH is 1. The van der Waals surface area contributed by atoms with Gasteiger partial charge in [-0.2, -0.15) is 0 Å². The molecule has 0 aromatic carbocycles. The number of hydrogen-bond donors (Lipinski definition) is 3. The van der Waals surface area contributed by atoms with Crippen molar-refractivity contribution in [3.05, 3.63) is 0 Å². The van der Waals surface area contributed by atoms with Gasteiger partial charge in [0.05, 0.1) is 18.6 Å². The topological polar surface area (TPSA) is 93.5 Å². The Morgan fingerprint density at radius 2 is 1.87 bits per heavy atom. The molecule has 0 spiro atoms. The van der Waals surface area contributed by atoms with E-state index in [1.165, 1.54) is 6.42 Å². The zero-order valence-electron chi connectivity index (χ0n) is 15.0. The van der Waals surface area contributed by atoms with Crippen LogP contribution in [0.25, 0.3) is 0 Å². The summed E-state index contributed by atoms with van der Waals surface area (Å²) in [7, 11) is 0. The minimum atomic E-state index is -0.760. The molecule has 0 aliphatic carbocycles. The zero-order chi connectivity index (χ0) is 17.8. The molecular formula is C17H31N3O3. The van der Waals surface area contributed by atoms with Crippen molar-refractivity contribution < 1.29 is 14.7 Å². The predicted molar refractivity (Wildman–Crippen MR) is 90.5 cm³/mol. The molecule has 1 unspecified atom stereocenters. The molecule has 2 amide bonds. The van der Waals surface area contributed by atoms with E-state index in [1.54, 1.807) is 13.8 Å². The number of amides is 2. The van der Waals surface area contributed by atoms with Gasteiger partial charge >= 0.3 is 0 Å². The summed E-state index contributed by atoms with van der Waals surface area (Å²) in [5.74, 6) is -0.815. The monoisotopic (exact) mass is 325 g/mol. The Hall–Kier alpha value is -1.27. The van der Waals surface area contributed by atoms with Crippen molar-refractivity contribution in [3.63, 3.8) is 0 Å². The van der Waals surface area contributed by atoms with Gasteiger partial charge in [0.2, 0.25) is 11.8 Å². The summed E-state index contributed by atoms with van der Waals surface area (Å²) < 4.78 is 0. The van der Waals surface area contributed by atoms with E-state index in [2.05, 4.69) is 17.1 Å². The minimum Gasteiger partial charge on any atom is -0.395 e. The molecule has 1 atom stereocenters. The number of aliphatic hydroxyl groups is 1. The van der Waals surface area contributed by atoms with E-state index in [9.17, 15) is 14.7 Å². The van der Waals surface area contributed by atoms with Crippen molar-refractivity contribution in [1.82, 2.24) is 10.2 Å². The zero-order valence-corrected chi connectivity index (χ0v) is 15.0. The number of piperidine rings is 1. The maximum Gasteiger partial charge on any atom is 0.246 e. The van der Waals surface area contributed by atoms with E-state index < -0.39 is 16.9 Å². The van der Waals surface area contributed by atoms with Gasteiger partial charge in [0.15, 0.2) is 0 Å². The number of rotatable bonds is 6. The second-order valence-electron chi connectivity index (χ2n) is 7.67. The molecule has 1 aliphatic rings. The van der Waals surface area contributed by atoms with Gasteiger partial charge in [-0.25, -0.2) is 0 Å². The third-order valence-electron chi connectivity index (χ3n) is 4.88. The van der Waals surface area contributed by atoms with Crippen LogP contribution >= 0.6 is 0 Å². The molecule has 1 heterocycles. The average Bonchev–Trinajstić information content (AvgIpc) is 2.47. The summed E-state index contributed by atoms with van der Waals surface area (Å²) in [6.45, 7) is 9.82. The normalized spacial score (nSPS) is 20.2. The van der Waals surface area contributed by atoms with E-state index in [4.69, 9.17) is 5.41 Å². The van der Waals surface area contributed by atoms with Crippen molar-refractivity contribution in [2.24, 2.45) is 5.41 Å². The standard InChI is InChI=1S/C17H31N3O3/c1-12-8-6-7-9-20(12)17(4,5)15(23)19-14(22)10-13(18)16(2,3)11-21/h12,18,21H,6-11H2,1-5H3,(H,19,22,23). The molecule has 6 nitrogen and oxygen atoms in total. The summed E-state index contributed by atoms with van der Waals surface area (Å²) in [5.41, 5.74) is -1.39. The smallest absolute Gasteiger partial charge is 0.246 e. The van der Waals surface area contributed by atoms with Crippen molar-refractivity contribution >= 4 is 17.5 Å². The Morgan fingerprint density at radius 1 is 1.26 bits per heavy atom. The lowest BCUT2D eigenvalue weighted by Gasteiger charge is -2.43. The number of nitrogens with one attached hydrogen (secondary N) is 2. The first kappa shape index (κ1) is 19.8. The fraction of sp³-hybridized carbons (Fsp3) is 0.824. The first-order chi connectivity index (χ1) is 10.5. The Labute approximate surface area is 139 Å². The van der Waals surface area contributed by atoms with Crippen LogP contribution in [0.3, 0.4) is 0 Å². The van der Waals surface area contributed by atoms with E-state index in [1.807, 2.05) is 13.8 Å². The number of nitrogens with zero attached hydrogens (tertiary/aromatic N) is 1. The maximum absolute atomic E-state index is 12.5. The SMILES string of the molecule is CC1CCCCN1C(C)(C)C(=O)NC(=O)CC(=N)C(C)(C)CO. The summed E-state index contributed by atoms with van der Waals surface area (Å²) in [5, 5.41) is 19.6. The van der Waals surface area contributed by atoms with Crippen LogP contribution in [-0.4, -0.2) is 52.3 Å². The van der Waals surface area contributed by atoms with Gasteiger partial charge in [0.1, 0.15) is 0 Å². The molecule has 1 aliphatic heterocycles. The third kappa shape index (κ3) is 4.85. The molecule has 0 aromatic rings. The highest BCUT2D eigenvalue weighted by Crippen LogP contribution is 2.26. The fourth-order valence-electron chi connectivity index (χ4n) is 2.88. The number of hydrogen-bond acceptors (Lipinski definition) is 5. The van der Waals surface area contributed by atoms with Crippen molar-refractivity contribution in [2.45, 2.75) is 71.9 Å². The Kier molecular flexibility index (Phi) is 6.48. The van der Waals surface area contributed by atoms with Gasteiger partial charge in [-0.05, 0) is 40.2 Å². The van der Waals surface area contributed by atoms with Gasteiger partial charge < -0.3 is 10.5 Å². The molecule has 0 aromatic heterocycles. The van der Waals surface area contributed by atoms with Crippen LogP contribution in [-0.2, 0) is 9.59 Å². The van der Waals surface area contributed by atoms with Crippen LogP contribution in [0.15, 0.2) is 0 Å². The highest BCUT2D eigenvalue weighted by atomic mass is 16.3. The molecule has 23 heavy (non-hydrogen) atoms. The first-order valence-corrected chi connectivity index (χ1v) is 8.32. The summed E-state index contributed by atoms with van der Waals surface area (Å²) in [4.78, 5) is 26.7. The highest BCUT2D eigenvalue weighted by molar-refractivity contribution is 6.08. The Balaban J connectivity index is 2.67. The number of imide groups is 1. The second kappa shape index (κ2) is 7.53. The number of carbonyl (C=O) groups is 2. The van der Waals surface area contributed by atoms with Crippen LogP contribution in [0.2, 0.25) is 0 Å². The minimum absolute atomic E-state index is 0.120. The molecule has 0 saturated carbocycles. The largest absolute Gasteiger partial charge is 0.395 e. The highest BCUT2D eigenvalue weighted by Gasteiger charge is 2.39. The molecule has 132 valence electrons. The molecule has 3 N–H and O–H groups in total. The second-order valence-corrected chi connectivity index (χ2v) is 7.67. The maximum atomic E-state index is 12.5. The van der Waals surface area contributed by atoms with Crippen molar-refractivity contribution in [1.29, 1.82) is 5.41 Å². The molecule has 1 rings (SSSR count). The quantitative estimate of drug-likeness (QED) is 0.648. The Morgan fingerprint density at radius 3 is 2.39 bits per heavy atom. The van der Waals surface area contributed by atoms with Gasteiger partial charge in [-0.1, -0.05) is 20.3 Å².